The summed E-state index contributed by atoms with van der Waals surface area (Å²) in [6.07, 6.45) is 0. The normalized spacial score (nSPS) is 9.46. The molecule has 0 spiro atoms. The van der Waals surface area contributed by atoms with Gasteiger partial charge in [-0.3, -0.25) is 9.59 Å². The summed E-state index contributed by atoms with van der Waals surface area (Å²) in [4.78, 5) is 23.8. The van der Waals surface area contributed by atoms with Gasteiger partial charge in [0.25, 0.3) is 0 Å². The first-order valence-electron chi connectivity index (χ1n) is 4.26. The fourth-order valence-electron chi connectivity index (χ4n) is 0.910. The molecule has 0 aromatic heterocycles. The molecule has 2 amide bonds. The molecule has 0 aliphatic carbocycles. The first-order valence-corrected chi connectivity index (χ1v) is 5.38. The van der Waals surface area contributed by atoms with Gasteiger partial charge in [0, 0.05) is 13.1 Å². The number of hydrogen-bond donors (Lipinski definition) is 1. The van der Waals surface area contributed by atoms with Gasteiger partial charge >= 0.3 is 0 Å². The number of nitrogens with zero attached hydrogens (tertiary/aromatic N) is 1. The van der Waals surface area contributed by atoms with Crippen LogP contribution >= 0.6 is 15.9 Å². The third-order valence-corrected chi connectivity index (χ3v) is 2.18. The van der Waals surface area contributed by atoms with E-state index < -0.39 is 0 Å². The van der Waals surface area contributed by atoms with E-state index in [9.17, 15) is 9.59 Å². The van der Waals surface area contributed by atoms with Crippen LogP contribution in [0.5, 0.6) is 0 Å². The molecule has 0 aliphatic heterocycles. The van der Waals surface area contributed by atoms with Crippen LogP contribution in [0.4, 0.5) is 0 Å². The van der Waals surface area contributed by atoms with Gasteiger partial charge < -0.3 is 10.2 Å². The van der Waals surface area contributed by atoms with E-state index in [1.54, 1.807) is 4.90 Å². The summed E-state index contributed by atoms with van der Waals surface area (Å²) in [6.45, 7) is 5.27. The van der Waals surface area contributed by atoms with E-state index in [0.29, 0.717) is 13.1 Å². The van der Waals surface area contributed by atoms with Gasteiger partial charge in [0.05, 0.1) is 11.9 Å². The molecular formula is C8H15BrN2O2. The zero-order valence-corrected chi connectivity index (χ0v) is 9.56. The molecule has 0 aromatic carbocycles. The number of nitrogens with one attached hydrogen (secondary N) is 1. The van der Waals surface area contributed by atoms with Gasteiger partial charge in [0.2, 0.25) is 11.8 Å². The maximum atomic E-state index is 11.3. The van der Waals surface area contributed by atoms with Crippen molar-refractivity contribution < 1.29 is 9.59 Å². The third-order valence-electron chi connectivity index (χ3n) is 1.67. The standard InChI is InChI=1S/C8H15BrN2O2/c1-3-11(4-2)8(13)6-10-7(12)5-9/h3-6H2,1-2H3,(H,10,12). The summed E-state index contributed by atoms with van der Waals surface area (Å²) < 4.78 is 0. The monoisotopic (exact) mass is 250 g/mol. The summed E-state index contributed by atoms with van der Waals surface area (Å²) in [5.74, 6) is -0.209. The van der Waals surface area contributed by atoms with Crippen molar-refractivity contribution in [3.05, 3.63) is 0 Å². The van der Waals surface area contributed by atoms with Crippen molar-refractivity contribution in [3.63, 3.8) is 0 Å². The Hall–Kier alpha value is -0.580. The van der Waals surface area contributed by atoms with E-state index in [2.05, 4.69) is 21.2 Å². The van der Waals surface area contributed by atoms with Crippen LogP contribution in [0.1, 0.15) is 13.8 Å². The van der Waals surface area contributed by atoms with Crippen molar-refractivity contribution in [1.82, 2.24) is 10.2 Å². The van der Waals surface area contributed by atoms with Gasteiger partial charge in [0.1, 0.15) is 0 Å². The third kappa shape index (κ3) is 4.87. The highest BCUT2D eigenvalue weighted by molar-refractivity contribution is 9.09. The van der Waals surface area contributed by atoms with Crippen LogP contribution in [0.3, 0.4) is 0 Å². The van der Waals surface area contributed by atoms with Crippen LogP contribution in [0, 0.1) is 0 Å². The molecule has 0 saturated carbocycles. The molecule has 0 aromatic rings. The predicted molar refractivity (Wildman–Crippen MR) is 54.7 cm³/mol. The number of rotatable bonds is 5. The number of hydrogen-bond acceptors (Lipinski definition) is 2. The van der Waals surface area contributed by atoms with Gasteiger partial charge in [0.15, 0.2) is 0 Å². The first-order chi connectivity index (χ1) is 6.15. The van der Waals surface area contributed by atoms with Gasteiger partial charge in [-0.15, -0.1) is 0 Å². The maximum Gasteiger partial charge on any atom is 0.241 e. The van der Waals surface area contributed by atoms with E-state index >= 15 is 0 Å². The number of carbonyl (C=O) groups is 2. The molecule has 0 rings (SSSR count). The fourth-order valence-corrected chi connectivity index (χ4v) is 1.11. The maximum absolute atomic E-state index is 11.3. The summed E-state index contributed by atoms with van der Waals surface area (Å²) in [5, 5.41) is 2.74. The van der Waals surface area contributed by atoms with Crippen molar-refractivity contribution in [2.24, 2.45) is 0 Å². The highest BCUT2D eigenvalue weighted by Gasteiger charge is 2.09. The van der Waals surface area contributed by atoms with Gasteiger partial charge in [-0.25, -0.2) is 0 Å². The Morgan fingerprint density at radius 1 is 1.31 bits per heavy atom. The minimum absolute atomic E-state index is 0.0423. The quantitative estimate of drug-likeness (QED) is 0.717. The minimum atomic E-state index is -0.166. The molecule has 0 unspecified atom stereocenters. The Bertz CT molecular complexity index is 181. The Morgan fingerprint density at radius 3 is 2.23 bits per heavy atom. The topological polar surface area (TPSA) is 49.4 Å². The average molecular weight is 251 g/mol. The average Bonchev–Trinajstić information content (AvgIpc) is 2.16. The number of amides is 2. The van der Waals surface area contributed by atoms with Gasteiger partial charge in [-0.05, 0) is 13.8 Å². The number of likely N-dealkylation sites (N-methyl/N-ethyl adjacent to an activating group) is 1. The van der Waals surface area contributed by atoms with E-state index in [1.165, 1.54) is 0 Å². The van der Waals surface area contributed by atoms with Crippen LogP contribution < -0.4 is 5.32 Å². The van der Waals surface area contributed by atoms with E-state index in [4.69, 9.17) is 0 Å². The summed E-state index contributed by atoms with van der Waals surface area (Å²) in [6, 6.07) is 0. The molecule has 1 N–H and O–H groups in total. The number of alkyl halides is 1. The molecule has 0 heterocycles. The molecule has 0 bridgehead atoms. The predicted octanol–water partition coefficient (Wildman–Crippen LogP) is 0.366. The van der Waals surface area contributed by atoms with E-state index in [0.717, 1.165) is 0 Å². The first kappa shape index (κ1) is 12.4. The number of halogens is 1. The van der Waals surface area contributed by atoms with Crippen LogP contribution in [0.2, 0.25) is 0 Å². The lowest BCUT2D eigenvalue weighted by atomic mass is 10.4. The summed E-state index contributed by atoms with van der Waals surface area (Å²) in [7, 11) is 0. The summed E-state index contributed by atoms with van der Waals surface area (Å²) in [5.41, 5.74) is 0. The molecule has 5 heteroatoms. The Kier molecular flexibility index (Phi) is 6.58. The molecule has 0 aliphatic rings. The Labute approximate surface area is 86.8 Å². The lowest BCUT2D eigenvalue weighted by Gasteiger charge is -2.18. The Balaban J connectivity index is 3.79. The van der Waals surface area contributed by atoms with Crippen LogP contribution in [-0.2, 0) is 9.59 Å². The minimum Gasteiger partial charge on any atom is -0.346 e. The second-order valence-corrected chi connectivity index (χ2v) is 3.04. The van der Waals surface area contributed by atoms with E-state index in [1.807, 2.05) is 13.8 Å². The zero-order valence-electron chi connectivity index (χ0n) is 7.97. The highest BCUT2D eigenvalue weighted by Crippen LogP contribution is 1.87. The molecule has 13 heavy (non-hydrogen) atoms. The molecule has 0 fully saturated rings. The molecule has 76 valence electrons. The largest absolute Gasteiger partial charge is 0.346 e. The molecular weight excluding hydrogens is 236 g/mol. The Morgan fingerprint density at radius 2 is 1.85 bits per heavy atom. The van der Waals surface area contributed by atoms with Crippen molar-refractivity contribution in [3.8, 4) is 0 Å². The second kappa shape index (κ2) is 6.88. The van der Waals surface area contributed by atoms with Crippen LogP contribution in [0.15, 0.2) is 0 Å². The van der Waals surface area contributed by atoms with Gasteiger partial charge in [-0.2, -0.15) is 0 Å². The SMILES string of the molecule is CCN(CC)C(=O)CNC(=O)CBr. The van der Waals surface area contributed by atoms with Crippen LogP contribution in [-0.4, -0.2) is 41.7 Å². The highest BCUT2D eigenvalue weighted by atomic mass is 79.9. The fraction of sp³-hybridized carbons (Fsp3) is 0.750. The van der Waals surface area contributed by atoms with Crippen molar-refractivity contribution in [1.29, 1.82) is 0 Å². The van der Waals surface area contributed by atoms with E-state index in [-0.39, 0.29) is 23.7 Å². The molecule has 0 saturated heterocycles. The van der Waals surface area contributed by atoms with Crippen molar-refractivity contribution in [2.75, 3.05) is 25.0 Å². The smallest absolute Gasteiger partial charge is 0.241 e. The summed E-state index contributed by atoms with van der Waals surface area (Å²) >= 11 is 3.00. The van der Waals surface area contributed by atoms with Crippen LogP contribution in [0.25, 0.3) is 0 Å². The molecule has 4 nitrogen and oxygen atoms in total. The van der Waals surface area contributed by atoms with Crippen molar-refractivity contribution >= 4 is 27.7 Å². The van der Waals surface area contributed by atoms with Gasteiger partial charge in [-0.1, -0.05) is 15.9 Å². The second-order valence-electron chi connectivity index (χ2n) is 2.48. The number of carbonyl (C=O) groups excluding carboxylic acids is 2. The zero-order chi connectivity index (χ0) is 10.3. The lowest BCUT2D eigenvalue weighted by Crippen LogP contribution is -2.40. The molecule has 0 radical (unpaired) electrons. The molecule has 0 atom stereocenters. The lowest BCUT2D eigenvalue weighted by molar-refractivity contribution is -0.132. The van der Waals surface area contributed by atoms with Crippen molar-refractivity contribution in [2.45, 2.75) is 13.8 Å².